The third kappa shape index (κ3) is 2.95. The van der Waals surface area contributed by atoms with Crippen molar-refractivity contribution in [1.82, 2.24) is 19.9 Å². The first-order chi connectivity index (χ1) is 9.72. The standard InChI is InChI=1S/C13H16N4O2S/c1-9-15-10(6-12(18)16-9)11-8-19-4-3-17(11)7-13-14-2-5-20-13/h2,5-6,11H,3-4,7-8H2,1H3,(H,15,16,18)/t11-/m1/s1. The smallest absolute Gasteiger partial charge is 0.251 e. The predicted octanol–water partition coefficient (Wildman–Crippen LogP) is 1.11. The van der Waals surface area contributed by atoms with E-state index in [1.165, 1.54) is 0 Å². The Hall–Kier alpha value is -1.57. The summed E-state index contributed by atoms with van der Waals surface area (Å²) in [4.78, 5) is 25.3. The van der Waals surface area contributed by atoms with Crippen LogP contribution in [0.4, 0.5) is 0 Å². The molecule has 0 aromatic carbocycles. The number of ether oxygens (including phenoxy) is 1. The molecule has 0 amide bonds. The molecule has 1 aliphatic heterocycles. The summed E-state index contributed by atoms with van der Waals surface area (Å²) in [6.45, 7) is 4.63. The molecule has 20 heavy (non-hydrogen) atoms. The Morgan fingerprint density at radius 3 is 3.25 bits per heavy atom. The second kappa shape index (κ2) is 5.82. The number of aryl methyl sites for hydroxylation is 1. The molecule has 1 saturated heterocycles. The van der Waals surface area contributed by atoms with Gasteiger partial charge in [-0.05, 0) is 6.92 Å². The van der Waals surface area contributed by atoms with E-state index in [2.05, 4.69) is 19.9 Å². The number of hydrogen-bond donors (Lipinski definition) is 1. The van der Waals surface area contributed by atoms with Gasteiger partial charge in [-0.2, -0.15) is 0 Å². The molecule has 1 fully saturated rings. The number of aromatic amines is 1. The van der Waals surface area contributed by atoms with Crippen LogP contribution in [0.15, 0.2) is 22.4 Å². The highest BCUT2D eigenvalue weighted by Gasteiger charge is 2.26. The summed E-state index contributed by atoms with van der Waals surface area (Å²) in [5.41, 5.74) is 0.648. The van der Waals surface area contributed by atoms with Gasteiger partial charge in [0.25, 0.3) is 5.56 Å². The molecular formula is C13H16N4O2S. The normalized spacial score (nSPS) is 20.1. The van der Waals surface area contributed by atoms with Gasteiger partial charge in [-0.25, -0.2) is 9.97 Å². The average molecular weight is 292 g/mol. The van der Waals surface area contributed by atoms with Crippen molar-refractivity contribution in [2.45, 2.75) is 19.5 Å². The fourth-order valence-electron chi connectivity index (χ4n) is 2.38. The minimum absolute atomic E-state index is 0.00801. The van der Waals surface area contributed by atoms with E-state index in [4.69, 9.17) is 4.74 Å². The summed E-state index contributed by atoms with van der Waals surface area (Å²) in [6, 6.07) is 1.56. The lowest BCUT2D eigenvalue weighted by Crippen LogP contribution is -2.40. The monoisotopic (exact) mass is 292 g/mol. The van der Waals surface area contributed by atoms with Gasteiger partial charge >= 0.3 is 0 Å². The van der Waals surface area contributed by atoms with Gasteiger partial charge in [-0.3, -0.25) is 9.69 Å². The van der Waals surface area contributed by atoms with E-state index in [1.54, 1.807) is 24.3 Å². The molecule has 0 spiro atoms. The molecule has 3 heterocycles. The maximum absolute atomic E-state index is 11.6. The van der Waals surface area contributed by atoms with Crippen molar-refractivity contribution in [2.75, 3.05) is 19.8 Å². The van der Waals surface area contributed by atoms with Gasteiger partial charge in [-0.1, -0.05) is 0 Å². The second-order valence-corrected chi connectivity index (χ2v) is 5.72. The minimum Gasteiger partial charge on any atom is -0.378 e. The lowest BCUT2D eigenvalue weighted by Gasteiger charge is -2.34. The minimum atomic E-state index is -0.118. The summed E-state index contributed by atoms with van der Waals surface area (Å²) in [5.74, 6) is 0.632. The summed E-state index contributed by atoms with van der Waals surface area (Å²) >= 11 is 1.64. The van der Waals surface area contributed by atoms with Crippen molar-refractivity contribution in [1.29, 1.82) is 0 Å². The first-order valence-corrected chi connectivity index (χ1v) is 7.38. The zero-order chi connectivity index (χ0) is 13.9. The molecule has 1 atom stereocenters. The number of aromatic nitrogens is 3. The van der Waals surface area contributed by atoms with E-state index in [1.807, 2.05) is 11.6 Å². The van der Waals surface area contributed by atoms with Crippen molar-refractivity contribution < 1.29 is 4.74 Å². The first kappa shape index (κ1) is 13.4. The van der Waals surface area contributed by atoms with Crippen LogP contribution in [-0.4, -0.2) is 39.6 Å². The third-order valence-electron chi connectivity index (χ3n) is 3.28. The van der Waals surface area contributed by atoms with Crippen LogP contribution in [0.2, 0.25) is 0 Å². The Labute approximate surface area is 120 Å². The predicted molar refractivity (Wildman–Crippen MR) is 75.7 cm³/mol. The Bertz CT molecular complexity index is 626. The van der Waals surface area contributed by atoms with E-state index in [0.29, 0.717) is 19.0 Å². The van der Waals surface area contributed by atoms with E-state index in [9.17, 15) is 4.79 Å². The summed E-state index contributed by atoms with van der Waals surface area (Å²) in [6.07, 6.45) is 1.81. The molecular weight excluding hydrogens is 276 g/mol. The van der Waals surface area contributed by atoms with Gasteiger partial charge in [-0.15, -0.1) is 11.3 Å². The highest BCUT2D eigenvalue weighted by atomic mass is 32.1. The van der Waals surface area contributed by atoms with Gasteiger partial charge in [0.2, 0.25) is 0 Å². The van der Waals surface area contributed by atoms with Crippen molar-refractivity contribution in [2.24, 2.45) is 0 Å². The molecule has 6 nitrogen and oxygen atoms in total. The molecule has 0 aliphatic carbocycles. The van der Waals surface area contributed by atoms with Gasteiger partial charge in [0.1, 0.15) is 10.8 Å². The van der Waals surface area contributed by atoms with Crippen molar-refractivity contribution >= 4 is 11.3 Å². The van der Waals surface area contributed by atoms with Crippen molar-refractivity contribution in [3.05, 3.63) is 44.5 Å². The SMILES string of the molecule is Cc1nc([C@H]2COCCN2Cc2nccs2)cc(=O)[nH]1. The molecule has 2 aromatic rings. The Morgan fingerprint density at radius 2 is 2.50 bits per heavy atom. The number of hydrogen-bond acceptors (Lipinski definition) is 6. The highest BCUT2D eigenvalue weighted by Crippen LogP contribution is 2.24. The molecule has 1 aliphatic rings. The lowest BCUT2D eigenvalue weighted by molar-refractivity contribution is -0.0144. The number of nitrogens with zero attached hydrogens (tertiary/aromatic N) is 3. The molecule has 1 N–H and O–H groups in total. The number of morpholine rings is 1. The molecule has 106 valence electrons. The van der Waals surface area contributed by atoms with Gasteiger partial charge in [0.15, 0.2) is 0 Å². The maximum atomic E-state index is 11.6. The van der Waals surface area contributed by atoms with Crippen LogP contribution >= 0.6 is 11.3 Å². The van der Waals surface area contributed by atoms with Crippen LogP contribution in [0.3, 0.4) is 0 Å². The molecule has 0 bridgehead atoms. The van der Waals surface area contributed by atoms with E-state index >= 15 is 0 Å². The van der Waals surface area contributed by atoms with Crippen LogP contribution in [0.1, 0.15) is 22.6 Å². The quantitative estimate of drug-likeness (QED) is 0.917. The first-order valence-electron chi connectivity index (χ1n) is 6.50. The van der Waals surface area contributed by atoms with Crippen LogP contribution in [0.25, 0.3) is 0 Å². The fraction of sp³-hybridized carbons (Fsp3) is 0.462. The number of H-pyrrole nitrogens is 1. The number of rotatable bonds is 3. The zero-order valence-electron chi connectivity index (χ0n) is 11.2. The fourth-order valence-corrected chi connectivity index (χ4v) is 3.02. The largest absolute Gasteiger partial charge is 0.378 e. The Morgan fingerprint density at radius 1 is 1.60 bits per heavy atom. The Kier molecular flexibility index (Phi) is 3.90. The summed E-state index contributed by atoms with van der Waals surface area (Å²) in [7, 11) is 0. The topological polar surface area (TPSA) is 71.1 Å². The third-order valence-corrected chi connectivity index (χ3v) is 4.05. The van der Waals surface area contributed by atoms with Gasteiger partial charge < -0.3 is 9.72 Å². The zero-order valence-corrected chi connectivity index (χ0v) is 12.0. The van der Waals surface area contributed by atoms with E-state index in [0.717, 1.165) is 23.8 Å². The highest BCUT2D eigenvalue weighted by molar-refractivity contribution is 7.09. The molecule has 3 rings (SSSR count). The van der Waals surface area contributed by atoms with Crippen molar-refractivity contribution in [3.8, 4) is 0 Å². The number of thiazole rings is 1. The average Bonchev–Trinajstić information content (AvgIpc) is 2.91. The summed E-state index contributed by atoms with van der Waals surface area (Å²) in [5, 5.41) is 3.04. The van der Waals surface area contributed by atoms with Crippen LogP contribution in [-0.2, 0) is 11.3 Å². The molecule has 2 aromatic heterocycles. The van der Waals surface area contributed by atoms with E-state index in [-0.39, 0.29) is 11.6 Å². The second-order valence-electron chi connectivity index (χ2n) is 4.74. The number of nitrogens with one attached hydrogen (secondary N) is 1. The molecule has 0 unspecified atom stereocenters. The van der Waals surface area contributed by atoms with Gasteiger partial charge in [0.05, 0.1) is 31.5 Å². The molecule has 0 radical (unpaired) electrons. The van der Waals surface area contributed by atoms with Gasteiger partial charge in [0, 0.05) is 24.2 Å². The molecule has 7 heteroatoms. The van der Waals surface area contributed by atoms with Crippen LogP contribution in [0, 0.1) is 6.92 Å². The van der Waals surface area contributed by atoms with Crippen molar-refractivity contribution in [3.63, 3.8) is 0 Å². The van der Waals surface area contributed by atoms with Crippen LogP contribution < -0.4 is 5.56 Å². The van der Waals surface area contributed by atoms with Crippen LogP contribution in [0.5, 0.6) is 0 Å². The maximum Gasteiger partial charge on any atom is 0.251 e. The summed E-state index contributed by atoms with van der Waals surface area (Å²) < 4.78 is 5.55. The lowest BCUT2D eigenvalue weighted by atomic mass is 10.1. The Balaban J connectivity index is 1.86. The molecule has 0 saturated carbocycles. The van der Waals surface area contributed by atoms with E-state index < -0.39 is 0 Å².